The number of imidazole rings is 1. The van der Waals surface area contributed by atoms with Crippen LogP contribution in [0.2, 0.25) is 0 Å². The summed E-state index contributed by atoms with van der Waals surface area (Å²) in [7, 11) is -3.58. The minimum absolute atomic E-state index is 0.0697. The molecule has 5 nitrogen and oxygen atoms in total. The Labute approximate surface area is 164 Å². The van der Waals surface area contributed by atoms with E-state index in [0.717, 1.165) is 29.1 Å². The average Bonchev–Trinajstić information content (AvgIpc) is 3.32. The molecular weight excluding hydrogens is 378 g/mol. The Balaban J connectivity index is 1.58. The summed E-state index contributed by atoms with van der Waals surface area (Å²) in [5.41, 5.74) is 2.49. The number of hydrogen-bond acceptors (Lipinski definition) is 5. The van der Waals surface area contributed by atoms with Crippen LogP contribution in [0, 0.1) is 6.92 Å². The Morgan fingerprint density at radius 1 is 1.22 bits per heavy atom. The lowest BCUT2D eigenvalue weighted by Crippen LogP contribution is -2.12. The molecule has 2 heterocycles. The summed E-state index contributed by atoms with van der Waals surface area (Å²) in [6.07, 6.45) is 9.33. The fourth-order valence-corrected chi connectivity index (χ4v) is 6.13. The molecule has 0 amide bonds. The molecule has 2 aromatic heterocycles. The number of benzene rings is 1. The molecular formula is C20H23N3O2S2. The summed E-state index contributed by atoms with van der Waals surface area (Å²) >= 11 is 1.59. The normalized spacial score (nSPS) is 15.9. The predicted molar refractivity (Wildman–Crippen MR) is 107 cm³/mol. The van der Waals surface area contributed by atoms with Crippen LogP contribution in [0.3, 0.4) is 0 Å². The summed E-state index contributed by atoms with van der Waals surface area (Å²) in [5.74, 6) is 0.383. The highest BCUT2D eigenvalue weighted by molar-refractivity contribution is 7.90. The average molecular weight is 402 g/mol. The molecule has 0 spiro atoms. The lowest BCUT2D eigenvalue weighted by molar-refractivity contribution is 0.442. The molecule has 1 aromatic carbocycles. The first kappa shape index (κ1) is 18.4. The van der Waals surface area contributed by atoms with Crippen molar-refractivity contribution in [3.63, 3.8) is 0 Å². The van der Waals surface area contributed by atoms with Gasteiger partial charge >= 0.3 is 0 Å². The molecule has 1 aliphatic rings. The second-order valence-corrected chi connectivity index (χ2v) is 9.96. The van der Waals surface area contributed by atoms with Crippen molar-refractivity contribution >= 4 is 21.2 Å². The van der Waals surface area contributed by atoms with E-state index in [1.165, 1.54) is 25.5 Å². The van der Waals surface area contributed by atoms with Gasteiger partial charge in [-0.25, -0.2) is 18.4 Å². The Morgan fingerprint density at radius 3 is 2.81 bits per heavy atom. The minimum Gasteiger partial charge on any atom is -0.291 e. The van der Waals surface area contributed by atoms with Crippen molar-refractivity contribution in [1.82, 2.24) is 14.5 Å². The number of thiazole rings is 1. The van der Waals surface area contributed by atoms with E-state index in [0.29, 0.717) is 11.6 Å². The quantitative estimate of drug-likeness (QED) is 0.624. The molecule has 27 heavy (non-hydrogen) atoms. The van der Waals surface area contributed by atoms with Crippen molar-refractivity contribution in [3.05, 3.63) is 58.3 Å². The number of aryl methyl sites for hydroxylation is 1. The maximum Gasteiger partial charge on any atom is 0.232 e. The monoisotopic (exact) mass is 401 g/mol. The van der Waals surface area contributed by atoms with E-state index in [-0.39, 0.29) is 10.9 Å². The number of hydrogen-bond donors (Lipinski definition) is 0. The van der Waals surface area contributed by atoms with Gasteiger partial charge in [-0.1, -0.05) is 31.4 Å². The highest BCUT2D eigenvalue weighted by atomic mass is 32.2. The third-order valence-corrected chi connectivity index (χ3v) is 7.62. The van der Waals surface area contributed by atoms with Crippen LogP contribution in [0.4, 0.5) is 0 Å². The molecule has 1 saturated carbocycles. The van der Waals surface area contributed by atoms with Gasteiger partial charge in [-0.3, -0.25) is 4.57 Å². The lowest BCUT2D eigenvalue weighted by atomic mass is 9.90. The molecule has 0 unspecified atom stereocenters. The van der Waals surface area contributed by atoms with E-state index in [2.05, 4.69) is 9.97 Å². The van der Waals surface area contributed by atoms with Gasteiger partial charge in [0, 0.05) is 29.4 Å². The fourth-order valence-electron chi connectivity index (χ4n) is 3.68. The van der Waals surface area contributed by atoms with Crippen LogP contribution in [0.5, 0.6) is 0 Å². The highest BCUT2D eigenvalue weighted by Gasteiger charge is 2.25. The molecule has 1 aliphatic carbocycles. The molecule has 0 bridgehead atoms. The Kier molecular flexibility index (Phi) is 5.14. The van der Waals surface area contributed by atoms with E-state index >= 15 is 0 Å². The molecule has 0 radical (unpaired) electrons. The molecule has 0 N–H and O–H groups in total. The summed E-state index contributed by atoms with van der Waals surface area (Å²) in [5, 5.41) is 3.05. The van der Waals surface area contributed by atoms with Gasteiger partial charge in [0.2, 0.25) is 15.0 Å². The van der Waals surface area contributed by atoms with E-state index in [9.17, 15) is 8.42 Å². The van der Waals surface area contributed by atoms with Gasteiger partial charge in [0.15, 0.2) is 0 Å². The maximum atomic E-state index is 13.0. The van der Waals surface area contributed by atoms with E-state index < -0.39 is 9.84 Å². The van der Waals surface area contributed by atoms with Crippen molar-refractivity contribution in [2.75, 3.05) is 0 Å². The van der Waals surface area contributed by atoms with Gasteiger partial charge in [0.05, 0.1) is 10.7 Å². The third kappa shape index (κ3) is 3.99. The molecule has 4 rings (SSSR count). The summed E-state index contributed by atoms with van der Waals surface area (Å²) < 4.78 is 27.7. The van der Waals surface area contributed by atoms with Crippen molar-refractivity contribution < 1.29 is 8.42 Å². The number of nitrogens with zero attached hydrogens (tertiary/aromatic N) is 3. The van der Waals surface area contributed by atoms with Gasteiger partial charge in [0.1, 0.15) is 5.75 Å². The maximum absolute atomic E-state index is 13.0. The van der Waals surface area contributed by atoms with Crippen molar-refractivity contribution in [2.45, 2.75) is 55.9 Å². The van der Waals surface area contributed by atoms with E-state index in [1.54, 1.807) is 22.1 Å². The molecule has 1 fully saturated rings. The van der Waals surface area contributed by atoms with Gasteiger partial charge in [-0.05, 0) is 37.5 Å². The van der Waals surface area contributed by atoms with Gasteiger partial charge < -0.3 is 0 Å². The molecule has 142 valence electrons. The van der Waals surface area contributed by atoms with Crippen LogP contribution in [-0.4, -0.2) is 23.0 Å². The van der Waals surface area contributed by atoms with E-state index in [4.69, 9.17) is 0 Å². The Bertz CT molecular complexity index is 1030. The van der Waals surface area contributed by atoms with Gasteiger partial charge in [-0.2, -0.15) is 0 Å². The number of sulfone groups is 1. The van der Waals surface area contributed by atoms with Crippen molar-refractivity contribution in [1.29, 1.82) is 0 Å². The van der Waals surface area contributed by atoms with Crippen LogP contribution < -0.4 is 0 Å². The fraction of sp³-hybridized carbons (Fsp3) is 0.400. The third-order valence-electron chi connectivity index (χ3n) is 5.03. The summed E-state index contributed by atoms with van der Waals surface area (Å²) in [6.45, 7) is 1.98. The van der Waals surface area contributed by atoms with Crippen LogP contribution in [0.1, 0.15) is 54.3 Å². The van der Waals surface area contributed by atoms with Crippen LogP contribution in [0.25, 0.3) is 5.69 Å². The molecule has 0 aliphatic heterocycles. The molecule has 7 heteroatoms. The first-order valence-corrected chi connectivity index (χ1v) is 11.8. The van der Waals surface area contributed by atoms with Crippen LogP contribution >= 0.6 is 11.3 Å². The second kappa shape index (κ2) is 7.56. The first-order valence-electron chi connectivity index (χ1n) is 9.30. The highest BCUT2D eigenvalue weighted by Crippen LogP contribution is 2.34. The topological polar surface area (TPSA) is 64.8 Å². The van der Waals surface area contributed by atoms with E-state index in [1.807, 2.05) is 36.6 Å². The molecule has 3 aromatic rings. The largest absolute Gasteiger partial charge is 0.291 e. The lowest BCUT2D eigenvalue weighted by Gasteiger charge is -2.18. The second-order valence-electron chi connectivity index (χ2n) is 7.19. The van der Waals surface area contributed by atoms with Crippen molar-refractivity contribution in [2.24, 2.45) is 0 Å². The minimum atomic E-state index is -3.58. The molecule has 0 atom stereocenters. The summed E-state index contributed by atoms with van der Waals surface area (Å²) in [6, 6.07) is 7.73. The SMILES string of the molecule is Cc1cccc(-n2ccnc2S(=O)(=O)Cc2csc(C3CCCCC3)n2)c1. The zero-order valence-electron chi connectivity index (χ0n) is 15.3. The number of rotatable bonds is 5. The standard InChI is InChI=1S/C20H23N3O2S2/c1-15-6-5-9-18(12-15)23-11-10-21-20(23)27(24,25)14-17-13-26-19(22-17)16-7-3-2-4-8-16/h5-6,9-13,16H,2-4,7-8,14H2,1H3. The van der Waals surface area contributed by atoms with Crippen LogP contribution in [-0.2, 0) is 15.6 Å². The first-order chi connectivity index (χ1) is 13.0. The number of aromatic nitrogens is 3. The Hall–Kier alpha value is -1.99. The Morgan fingerprint density at radius 2 is 2.04 bits per heavy atom. The van der Waals surface area contributed by atoms with Crippen LogP contribution in [0.15, 0.2) is 47.2 Å². The zero-order chi connectivity index (χ0) is 18.9. The van der Waals surface area contributed by atoms with Gasteiger partial charge in [-0.15, -0.1) is 11.3 Å². The smallest absolute Gasteiger partial charge is 0.232 e. The zero-order valence-corrected chi connectivity index (χ0v) is 17.0. The summed E-state index contributed by atoms with van der Waals surface area (Å²) in [4.78, 5) is 8.79. The van der Waals surface area contributed by atoms with Gasteiger partial charge in [0.25, 0.3) is 0 Å². The predicted octanol–water partition coefficient (Wildman–Crippen LogP) is 4.66. The molecule has 0 saturated heterocycles. The van der Waals surface area contributed by atoms with Crippen molar-refractivity contribution in [3.8, 4) is 5.69 Å².